The first-order valence-electron chi connectivity index (χ1n) is 6.40. The highest BCUT2D eigenvalue weighted by Gasteiger charge is 2.22. The van der Waals surface area contributed by atoms with Crippen molar-refractivity contribution in [3.8, 4) is 0 Å². The van der Waals surface area contributed by atoms with Crippen molar-refractivity contribution in [1.29, 1.82) is 0 Å². The fourth-order valence-corrected chi connectivity index (χ4v) is 3.08. The average Bonchev–Trinajstić information content (AvgIpc) is 2.87. The summed E-state index contributed by atoms with van der Waals surface area (Å²) in [5, 5.41) is 14.2. The first kappa shape index (κ1) is 14.6. The first-order chi connectivity index (χ1) is 10.6. The molecule has 0 aliphatic heterocycles. The van der Waals surface area contributed by atoms with E-state index in [-0.39, 0.29) is 16.7 Å². The van der Waals surface area contributed by atoms with Crippen LogP contribution in [0.1, 0.15) is 12.5 Å². The van der Waals surface area contributed by atoms with Crippen LogP contribution in [0.2, 0.25) is 5.15 Å². The van der Waals surface area contributed by atoms with Crippen molar-refractivity contribution in [3.63, 3.8) is 0 Å². The van der Waals surface area contributed by atoms with Crippen molar-refractivity contribution in [2.75, 3.05) is 5.32 Å². The number of rotatable bonds is 4. The van der Waals surface area contributed by atoms with E-state index in [9.17, 15) is 10.1 Å². The second-order valence-electron chi connectivity index (χ2n) is 4.42. The minimum atomic E-state index is -0.618. The molecule has 3 rings (SSSR count). The minimum absolute atomic E-state index is 0.0276. The lowest BCUT2D eigenvalue weighted by Crippen LogP contribution is -2.01. The molecule has 1 N–H and O–H groups in total. The SMILES string of the molecule is CCc1ccc2nc(Nc3ncnc(Cl)c3[N+](=O)[O-])sc2c1. The molecule has 2 heterocycles. The van der Waals surface area contributed by atoms with Crippen LogP contribution in [-0.4, -0.2) is 19.9 Å². The molecule has 0 radical (unpaired) electrons. The molecule has 0 saturated heterocycles. The van der Waals surface area contributed by atoms with Crippen LogP contribution < -0.4 is 5.32 Å². The summed E-state index contributed by atoms with van der Waals surface area (Å²) < 4.78 is 1.00. The lowest BCUT2D eigenvalue weighted by Gasteiger charge is -2.02. The molecule has 112 valence electrons. The van der Waals surface area contributed by atoms with Crippen molar-refractivity contribution in [2.45, 2.75) is 13.3 Å². The highest BCUT2D eigenvalue weighted by molar-refractivity contribution is 7.22. The molecule has 0 bridgehead atoms. The molecule has 0 aliphatic rings. The third-order valence-electron chi connectivity index (χ3n) is 3.05. The molecule has 0 unspecified atom stereocenters. The predicted molar refractivity (Wildman–Crippen MR) is 86.0 cm³/mol. The number of fused-ring (bicyclic) bond motifs is 1. The summed E-state index contributed by atoms with van der Waals surface area (Å²) in [6, 6.07) is 5.99. The molecule has 0 fully saturated rings. The predicted octanol–water partition coefficient (Wildman–Crippen LogP) is 3.95. The van der Waals surface area contributed by atoms with E-state index in [0.29, 0.717) is 5.13 Å². The number of halogens is 1. The Labute approximate surface area is 134 Å². The Morgan fingerprint density at radius 1 is 1.41 bits per heavy atom. The highest BCUT2D eigenvalue weighted by atomic mass is 35.5. The van der Waals surface area contributed by atoms with E-state index in [1.807, 2.05) is 12.1 Å². The second kappa shape index (κ2) is 5.82. The Morgan fingerprint density at radius 2 is 2.23 bits per heavy atom. The van der Waals surface area contributed by atoms with Crippen LogP contribution in [0.3, 0.4) is 0 Å². The molecule has 3 aromatic rings. The van der Waals surface area contributed by atoms with Crippen LogP contribution in [0.15, 0.2) is 24.5 Å². The van der Waals surface area contributed by atoms with Gasteiger partial charge in [0.1, 0.15) is 6.33 Å². The number of nitro groups is 1. The zero-order valence-electron chi connectivity index (χ0n) is 11.4. The Balaban J connectivity index is 2.00. The molecule has 0 spiro atoms. The van der Waals surface area contributed by atoms with Gasteiger partial charge in [-0.2, -0.15) is 0 Å². The number of hydrogen-bond donors (Lipinski definition) is 1. The van der Waals surface area contributed by atoms with Gasteiger partial charge in [-0.3, -0.25) is 10.1 Å². The van der Waals surface area contributed by atoms with Crippen molar-refractivity contribution < 1.29 is 4.92 Å². The monoisotopic (exact) mass is 335 g/mol. The van der Waals surface area contributed by atoms with E-state index in [1.165, 1.54) is 23.2 Å². The molecular formula is C13H10ClN5O2S. The van der Waals surface area contributed by atoms with Crippen molar-refractivity contribution in [1.82, 2.24) is 15.0 Å². The molecule has 7 nitrogen and oxygen atoms in total. The van der Waals surface area contributed by atoms with E-state index in [0.717, 1.165) is 16.6 Å². The van der Waals surface area contributed by atoms with Crippen molar-refractivity contribution in [3.05, 3.63) is 45.4 Å². The van der Waals surface area contributed by atoms with Crippen LogP contribution in [0.4, 0.5) is 16.6 Å². The van der Waals surface area contributed by atoms with Gasteiger partial charge in [-0.25, -0.2) is 15.0 Å². The Kier molecular flexibility index (Phi) is 3.86. The van der Waals surface area contributed by atoms with Crippen molar-refractivity contribution >= 4 is 49.8 Å². The summed E-state index contributed by atoms with van der Waals surface area (Å²) in [5.41, 5.74) is 1.67. The smallest absolute Gasteiger partial charge is 0.310 e. The van der Waals surface area contributed by atoms with Crippen LogP contribution in [-0.2, 0) is 6.42 Å². The lowest BCUT2D eigenvalue weighted by molar-refractivity contribution is -0.384. The summed E-state index contributed by atoms with van der Waals surface area (Å²) in [6.07, 6.45) is 2.10. The highest BCUT2D eigenvalue weighted by Crippen LogP contribution is 2.33. The average molecular weight is 336 g/mol. The number of nitrogens with zero attached hydrogens (tertiary/aromatic N) is 4. The van der Waals surface area contributed by atoms with Gasteiger partial charge in [0.25, 0.3) is 0 Å². The summed E-state index contributed by atoms with van der Waals surface area (Å²) in [7, 11) is 0. The summed E-state index contributed by atoms with van der Waals surface area (Å²) >= 11 is 7.16. The zero-order valence-corrected chi connectivity index (χ0v) is 13.0. The van der Waals surface area contributed by atoms with E-state index >= 15 is 0 Å². The number of hydrogen-bond acceptors (Lipinski definition) is 7. The fourth-order valence-electron chi connectivity index (χ4n) is 1.95. The summed E-state index contributed by atoms with van der Waals surface area (Å²) in [6.45, 7) is 2.08. The molecule has 0 amide bonds. The van der Waals surface area contributed by atoms with Crippen LogP contribution in [0.25, 0.3) is 10.2 Å². The number of nitrogens with one attached hydrogen (secondary N) is 1. The third kappa shape index (κ3) is 2.70. The molecule has 1 aromatic carbocycles. The largest absolute Gasteiger partial charge is 0.348 e. The number of aryl methyl sites for hydroxylation is 1. The standard InChI is InChI=1S/C13H10ClN5O2S/c1-2-7-3-4-8-9(5-7)22-13(17-8)18-12-10(19(20)21)11(14)15-6-16-12/h3-6H,2H2,1H3,(H,15,16,17,18). The Morgan fingerprint density at radius 3 is 2.95 bits per heavy atom. The van der Waals surface area contributed by atoms with Crippen LogP contribution in [0.5, 0.6) is 0 Å². The number of thiazole rings is 1. The zero-order chi connectivity index (χ0) is 15.7. The number of anilines is 2. The van der Waals surface area contributed by atoms with Gasteiger partial charge < -0.3 is 5.32 Å². The molecular weight excluding hydrogens is 326 g/mol. The topological polar surface area (TPSA) is 93.8 Å². The normalized spacial score (nSPS) is 10.8. The maximum atomic E-state index is 11.1. The third-order valence-corrected chi connectivity index (χ3v) is 4.26. The molecule has 9 heteroatoms. The van der Waals surface area contributed by atoms with E-state index in [1.54, 1.807) is 0 Å². The van der Waals surface area contributed by atoms with Crippen molar-refractivity contribution in [2.24, 2.45) is 0 Å². The van der Waals surface area contributed by atoms with E-state index in [2.05, 4.69) is 33.3 Å². The van der Waals surface area contributed by atoms with Gasteiger partial charge in [0, 0.05) is 0 Å². The first-order valence-corrected chi connectivity index (χ1v) is 7.59. The quantitative estimate of drug-likeness (QED) is 0.440. The molecule has 0 aliphatic carbocycles. The molecule has 0 atom stereocenters. The van der Waals surface area contributed by atoms with E-state index in [4.69, 9.17) is 11.6 Å². The molecule has 2 aromatic heterocycles. The van der Waals surface area contributed by atoms with Gasteiger partial charge in [-0.1, -0.05) is 35.9 Å². The number of benzene rings is 1. The summed E-state index contributed by atoms with van der Waals surface area (Å²) in [5.74, 6) is 0.0276. The van der Waals surface area contributed by atoms with Crippen LogP contribution >= 0.6 is 22.9 Å². The van der Waals surface area contributed by atoms with Gasteiger partial charge in [-0.15, -0.1) is 0 Å². The van der Waals surface area contributed by atoms with Crippen LogP contribution in [0, 0.1) is 10.1 Å². The van der Waals surface area contributed by atoms with Gasteiger partial charge >= 0.3 is 5.69 Å². The Hall–Kier alpha value is -2.32. The van der Waals surface area contributed by atoms with Gasteiger partial charge in [-0.05, 0) is 24.1 Å². The van der Waals surface area contributed by atoms with Gasteiger partial charge in [0.05, 0.1) is 15.1 Å². The Bertz CT molecular complexity index is 867. The molecule has 0 saturated carbocycles. The number of aromatic nitrogens is 3. The van der Waals surface area contributed by atoms with Gasteiger partial charge in [0.15, 0.2) is 5.13 Å². The van der Waals surface area contributed by atoms with E-state index < -0.39 is 4.92 Å². The maximum absolute atomic E-state index is 11.1. The fraction of sp³-hybridized carbons (Fsp3) is 0.154. The van der Waals surface area contributed by atoms with Gasteiger partial charge in [0.2, 0.25) is 11.0 Å². The molecule has 22 heavy (non-hydrogen) atoms. The lowest BCUT2D eigenvalue weighted by atomic mass is 10.2. The summed E-state index contributed by atoms with van der Waals surface area (Å²) in [4.78, 5) is 22.4. The minimum Gasteiger partial charge on any atom is -0.310 e. The maximum Gasteiger partial charge on any atom is 0.348 e. The second-order valence-corrected chi connectivity index (χ2v) is 5.81.